The van der Waals surface area contributed by atoms with E-state index in [0.717, 1.165) is 5.02 Å². The Morgan fingerprint density at radius 2 is 2.05 bits per heavy atom. The van der Waals surface area contributed by atoms with E-state index in [1.807, 2.05) is 23.5 Å². The summed E-state index contributed by atoms with van der Waals surface area (Å²) in [7, 11) is 0. The molecule has 0 aliphatic heterocycles. The lowest BCUT2D eigenvalue weighted by atomic mass is 9.80. The lowest BCUT2D eigenvalue weighted by molar-refractivity contribution is 0.411. The van der Waals surface area contributed by atoms with Gasteiger partial charge in [-0.3, -0.25) is 11.3 Å². The van der Waals surface area contributed by atoms with E-state index in [1.54, 1.807) is 0 Å². The number of hydrazine groups is 1. The minimum atomic E-state index is 0.158. The molecular formula is C15H17ClN2S. The summed E-state index contributed by atoms with van der Waals surface area (Å²) in [5.41, 5.74) is 5.67. The maximum atomic E-state index is 5.96. The van der Waals surface area contributed by atoms with E-state index < -0.39 is 0 Å². The van der Waals surface area contributed by atoms with Crippen molar-refractivity contribution in [3.05, 3.63) is 56.7 Å². The van der Waals surface area contributed by atoms with Crippen molar-refractivity contribution >= 4 is 22.9 Å². The van der Waals surface area contributed by atoms with Crippen LogP contribution in [0.3, 0.4) is 0 Å². The van der Waals surface area contributed by atoms with Crippen LogP contribution >= 0.6 is 22.9 Å². The molecule has 1 aromatic carbocycles. The molecule has 0 saturated carbocycles. The second-order valence-corrected chi connectivity index (χ2v) is 6.43. The predicted octanol–water partition coefficient (Wildman–Crippen LogP) is 4.03. The molecule has 0 radical (unpaired) electrons. The quantitative estimate of drug-likeness (QED) is 0.662. The standard InChI is InChI=1S/C15H17ClN2S/c16-11-6-4-10(5-7-11)15(18-17)13-2-1-3-14-12(13)8-9-19-14/h4-9,13,15,18H,1-3,17H2. The molecule has 19 heavy (non-hydrogen) atoms. The third-order valence-electron chi connectivity index (χ3n) is 3.91. The van der Waals surface area contributed by atoms with Crippen molar-refractivity contribution in [1.29, 1.82) is 0 Å². The minimum Gasteiger partial charge on any atom is -0.271 e. The monoisotopic (exact) mass is 292 g/mol. The van der Waals surface area contributed by atoms with Crippen LogP contribution in [0.4, 0.5) is 0 Å². The first-order valence-corrected chi connectivity index (χ1v) is 7.83. The molecule has 100 valence electrons. The van der Waals surface area contributed by atoms with Crippen LogP contribution in [0.1, 0.15) is 40.8 Å². The van der Waals surface area contributed by atoms with Crippen molar-refractivity contribution in [2.24, 2.45) is 5.84 Å². The number of fused-ring (bicyclic) bond motifs is 1. The van der Waals surface area contributed by atoms with Crippen LogP contribution in [0.15, 0.2) is 35.7 Å². The van der Waals surface area contributed by atoms with Crippen molar-refractivity contribution in [2.75, 3.05) is 0 Å². The summed E-state index contributed by atoms with van der Waals surface area (Å²) in [4.78, 5) is 1.52. The van der Waals surface area contributed by atoms with Gasteiger partial charge in [0, 0.05) is 15.8 Å². The average molecular weight is 293 g/mol. The van der Waals surface area contributed by atoms with Crippen molar-refractivity contribution in [3.8, 4) is 0 Å². The Morgan fingerprint density at radius 1 is 1.26 bits per heavy atom. The largest absolute Gasteiger partial charge is 0.271 e. The molecule has 4 heteroatoms. The van der Waals surface area contributed by atoms with Gasteiger partial charge in [0.1, 0.15) is 0 Å². The van der Waals surface area contributed by atoms with Crippen LogP contribution in [-0.4, -0.2) is 0 Å². The molecule has 2 atom stereocenters. The van der Waals surface area contributed by atoms with Gasteiger partial charge in [-0.25, -0.2) is 0 Å². The van der Waals surface area contributed by atoms with Crippen LogP contribution in [-0.2, 0) is 6.42 Å². The Bertz CT molecular complexity index is 550. The fourth-order valence-electron chi connectivity index (χ4n) is 2.98. The van der Waals surface area contributed by atoms with E-state index in [-0.39, 0.29) is 6.04 Å². The topological polar surface area (TPSA) is 38.0 Å². The summed E-state index contributed by atoms with van der Waals surface area (Å²) in [5.74, 6) is 6.28. The molecule has 3 rings (SSSR count). The summed E-state index contributed by atoms with van der Waals surface area (Å²) >= 11 is 7.82. The van der Waals surface area contributed by atoms with Crippen LogP contribution < -0.4 is 11.3 Å². The van der Waals surface area contributed by atoms with Gasteiger partial charge >= 0.3 is 0 Å². The van der Waals surface area contributed by atoms with Gasteiger partial charge in [0.2, 0.25) is 0 Å². The van der Waals surface area contributed by atoms with E-state index in [2.05, 4.69) is 29.0 Å². The SMILES string of the molecule is NNC(c1ccc(Cl)cc1)C1CCCc2sccc21. The molecule has 2 aromatic rings. The fourth-order valence-corrected chi connectivity index (χ4v) is 4.11. The van der Waals surface area contributed by atoms with Gasteiger partial charge in [-0.2, -0.15) is 0 Å². The van der Waals surface area contributed by atoms with Crippen LogP contribution in [0.5, 0.6) is 0 Å². The Morgan fingerprint density at radius 3 is 2.79 bits per heavy atom. The van der Waals surface area contributed by atoms with E-state index in [1.165, 1.54) is 35.3 Å². The maximum absolute atomic E-state index is 5.96. The molecule has 3 N–H and O–H groups in total. The van der Waals surface area contributed by atoms with Gasteiger partial charge in [-0.15, -0.1) is 11.3 Å². The molecule has 0 bridgehead atoms. The third kappa shape index (κ3) is 2.56. The van der Waals surface area contributed by atoms with Gasteiger partial charge in [-0.1, -0.05) is 23.7 Å². The predicted molar refractivity (Wildman–Crippen MR) is 81.5 cm³/mol. The van der Waals surface area contributed by atoms with E-state index in [9.17, 15) is 0 Å². The van der Waals surface area contributed by atoms with Crippen LogP contribution in [0.2, 0.25) is 5.02 Å². The lowest BCUT2D eigenvalue weighted by Crippen LogP contribution is -2.33. The highest BCUT2D eigenvalue weighted by molar-refractivity contribution is 7.10. The van der Waals surface area contributed by atoms with Gasteiger partial charge in [-0.05, 0) is 54.0 Å². The number of rotatable bonds is 3. The zero-order valence-electron chi connectivity index (χ0n) is 10.6. The molecule has 1 aliphatic rings. The van der Waals surface area contributed by atoms with Crippen LogP contribution in [0.25, 0.3) is 0 Å². The van der Waals surface area contributed by atoms with Gasteiger partial charge in [0.05, 0.1) is 6.04 Å². The first kappa shape index (κ1) is 13.1. The summed E-state index contributed by atoms with van der Waals surface area (Å²) in [6.07, 6.45) is 3.63. The zero-order valence-corrected chi connectivity index (χ0v) is 12.2. The van der Waals surface area contributed by atoms with Gasteiger partial charge < -0.3 is 0 Å². The number of aryl methyl sites for hydroxylation is 1. The molecular weight excluding hydrogens is 276 g/mol. The summed E-state index contributed by atoms with van der Waals surface area (Å²) < 4.78 is 0. The Kier molecular flexibility index (Phi) is 3.89. The molecule has 0 fully saturated rings. The smallest absolute Gasteiger partial charge is 0.0528 e. The Balaban J connectivity index is 1.94. The summed E-state index contributed by atoms with van der Waals surface area (Å²) in [6.45, 7) is 0. The molecule has 2 unspecified atom stereocenters. The molecule has 0 spiro atoms. The number of hydrogen-bond donors (Lipinski definition) is 2. The highest BCUT2D eigenvalue weighted by Crippen LogP contribution is 2.42. The van der Waals surface area contributed by atoms with Crippen molar-refractivity contribution in [3.63, 3.8) is 0 Å². The first-order chi connectivity index (χ1) is 9.29. The van der Waals surface area contributed by atoms with Gasteiger partial charge in [0.15, 0.2) is 0 Å². The lowest BCUT2D eigenvalue weighted by Gasteiger charge is -2.30. The normalized spacial score (nSPS) is 20.0. The van der Waals surface area contributed by atoms with Crippen LogP contribution in [0, 0.1) is 0 Å². The number of halogens is 1. The molecule has 1 aromatic heterocycles. The molecule has 1 heterocycles. The number of nitrogens with two attached hydrogens (primary N) is 1. The first-order valence-electron chi connectivity index (χ1n) is 6.57. The van der Waals surface area contributed by atoms with Crippen molar-refractivity contribution < 1.29 is 0 Å². The highest BCUT2D eigenvalue weighted by Gasteiger charge is 2.29. The Hall–Kier alpha value is -0.870. The van der Waals surface area contributed by atoms with E-state index >= 15 is 0 Å². The number of benzene rings is 1. The molecule has 0 amide bonds. The number of hydrogen-bond acceptors (Lipinski definition) is 3. The van der Waals surface area contributed by atoms with Crippen molar-refractivity contribution in [2.45, 2.75) is 31.2 Å². The molecule has 0 saturated heterocycles. The second-order valence-electron chi connectivity index (χ2n) is 4.99. The summed E-state index contributed by atoms with van der Waals surface area (Å²) in [6, 6.07) is 10.4. The third-order valence-corrected chi connectivity index (χ3v) is 5.16. The zero-order chi connectivity index (χ0) is 13.2. The fraction of sp³-hybridized carbons (Fsp3) is 0.333. The van der Waals surface area contributed by atoms with Crippen molar-refractivity contribution in [1.82, 2.24) is 5.43 Å². The maximum Gasteiger partial charge on any atom is 0.0528 e. The number of thiophene rings is 1. The average Bonchev–Trinajstić information content (AvgIpc) is 2.91. The second kappa shape index (κ2) is 5.63. The van der Waals surface area contributed by atoms with E-state index in [0.29, 0.717) is 5.92 Å². The molecule has 2 nitrogen and oxygen atoms in total. The Labute approximate surface area is 122 Å². The van der Waals surface area contributed by atoms with Gasteiger partial charge in [0.25, 0.3) is 0 Å². The minimum absolute atomic E-state index is 0.158. The summed E-state index contributed by atoms with van der Waals surface area (Å²) in [5, 5.41) is 2.96. The van der Waals surface area contributed by atoms with E-state index in [4.69, 9.17) is 17.4 Å². The highest BCUT2D eigenvalue weighted by atomic mass is 35.5. The molecule has 1 aliphatic carbocycles. The number of nitrogens with one attached hydrogen (secondary N) is 1.